The largest absolute Gasteiger partial charge is 0.369 e. The van der Waals surface area contributed by atoms with Crippen molar-refractivity contribution in [3.63, 3.8) is 0 Å². The molecule has 1 fully saturated rings. The number of aryl methyl sites for hydroxylation is 1. The Morgan fingerprint density at radius 2 is 1.82 bits per heavy atom. The third-order valence-electron chi connectivity index (χ3n) is 3.79. The highest BCUT2D eigenvalue weighted by Crippen LogP contribution is 2.31. The maximum absolute atomic E-state index is 14.0. The number of carbonyl (C=O) groups is 1. The van der Waals surface area contributed by atoms with Crippen LogP contribution in [0.4, 0.5) is 10.1 Å². The fourth-order valence-electron chi connectivity index (χ4n) is 2.83. The summed E-state index contributed by atoms with van der Waals surface area (Å²) in [5.41, 5.74) is 2.32. The third-order valence-corrected chi connectivity index (χ3v) is 3.79. The molecule has 90 valence electrons. The number of hydrogen-bond acceptors (Lipinski definition) is 2. The van der Waals surface area contributed by atoms with Gasteiger partial charge in [-0.2, -0.15) is 0 Å². The molecule has 1 aliphatic heterocycles. The van der Waals surface area contributed by atoms with Crippen LogP contribution in [0.1, 0.15) is 41.6 Å². The maximum atomic E-state index is 14.0. The molecule has 1 aromatic rings. The first-order valence-corrected chi connectivity index (χ1v) is 6.36. The minimum absolute atomic E-state index is 0.0871. The molecule has 0 bridgehead atoms. The van der Waals surface area contributed by atoms with E-state index in [9.17, 15) is 9.18 Å². The second-order valence-electron chi connectivity index (χ2n) is 4.93. The zero-order valence-electron chi connectivity index (χ0n) is 9.84. The second-order valence-corrected chi connectivity index (χ2v) is 4.93. The Bertz CT molecular complexity index is 464. The summed E-state index contributed by atoms with van der Waals surface area (Å²) in [5, 5.41) is 0. The van der Waals surface area contributed by atoms with Crippen LogP contribution in [0.3, 0.4) is 0 Å². The van der Waals surface area contributed by atoms with Crippen molar-refractivity contribution in [3.05, 3.63) is 29.1 Å². The highest BCUT2D eigenvalue weighted by Gasteiger charge is 2.24. The highest BCUT2D eigenvalue weighted by molar-refractivity contribution is 6.00. The van der Waals surface area contributed by atoms with E-state index in [-0.39, 0.29) is 11.6 Å². The molecular formula is C14H16FNO. The molecule has 1 saturated heterocycles. The molecule has 0 radical (unpaired) electrons. The van der Waals surface area contributed by atoms with E-state index in [1.165, 1.54) is 12.5 Å². The summed E-state index contributed by atoms with van der Waals surface area (Å²) in [6.45, 7) is 1.87. The molecule has 1 aromatic carbocycles. The van der Waals surface area contributed by atoms with Gasteiger partial charge in [-0.1, -0.05) is 0 Å². The molecule has 3 rings (SSSR count). The van der Waals surface area contributed by atoms with E-state index in [2.05, 4.69) is 4.90 Å². The normalized spacial score (nSPS) is 19.6. The Labute approximate surface area is 100 Å². The van der Waals surface area contributed by atoms with E-state index in [0.717, 1.165) is 37.9 Å². The lowest BCUT2D eigenvalue weighted by Gasteiger charge is -2.29. The maximum Gasteiger partial charge on any atom is 0.163 e. The van der Waals surface area contributed by atoms with E-state index in [4.69, 9.17) is 0 Å². The summed E-state index contributed by atoms with van der Waals surface area (Å²) >= 11 is 0. The Hall–Kier alpha value is -1.38. The summed E-state index contributed by atoms with van der Waals surface area (Å²) in [4.78, 5) is 13.6. The lowest BCUT2D eigenvalue weighted by Crippen LogP contribution is -2.30. The molecule has 0 N–H and O–H groups in total. The number of rotatable bonds is 1. The molecule has 0 spiro atoms. The van der Waals surface area contributed by atoms with Crippen molar-refractivity contribution in [3.8, 4) is 0 Å². The van der Waals surface area contributed by atoms with Gasteiger partial charge in [0.1, 0.15) is 5.82 Å². The van der Waals surface area contributed by atoms with Gasteiger partial charge in [-0.25, -0.2) is 4.39 Å². The van der Waals surface area contributed by atoms with E-state index in [1.807, 2.05) is 6.07 Å². The van der Waals surface area contributed by atoms with Gasteiger partial charge < -0.3 is 4.90 Å². The second kappa shape index (κ2) is 4.13. The molecule has 2 nitrogen and oxygen atoms in total. The minimum atomic E-state index is -0.235. The van der Waals surface area contributed by atoms with Crippen molar-refractivity contribution in [1.29, 1.82) is 0 Å². The van der Waals surface area contributed by atoms with Gasteiger partial charge in [-0.15, -0.1) is 0 Å². The number of Topliss-reactive ketones (excluding diaryl/α,β-unsaturated/α-hetero) is 1. The summed E-state index contributed by atoms with van der Waals surface area (Å²) in [5.74, 6) is -0.148. The van der Waals surface area contributed by atoms with Crippen molar-refractivity contribution >= 4 is 11.5 Å². The average Bonchev–Trinajstić information content (AvgIpc) is 2.71. The fourth-order valence-corrected chi connectivity index (χ4v) is 2.83. The zero-order chi connectivity index (χ0) is 11.8. The fraction of sp³-hybridized carbons (Fsp3) is 0.500. The number of piperidine rings is 1. The van der Waals surface area contributed by atoms with Crippen molar-refractivity contribution in [2.24, 2.45) is 0 Å². The predicted molar refractivity (Wildman–Crippen MR) is 65.1 cm³/mol. The Balaban J connectivity index is 1.97. The zero-order valence-corrected chi connectivity index (χ0v) is 9.84. The minimum Gasteiger partial charge on any atom is -0.369 e. The molecule has 0 saturated carbocycles. The van der Waals surface area contributed by atoms with Crippen LogP contribution in [-0.4, -0.2) is 18.9 Å². The van der Waals surface area contributed by atoms with Gasteiger partial charge in [0.2, 0.25) is 0 Å². The number of halogens is 1. The first kappa shape index (κ1) is 10.8. The van der Waals surface area contributed by atoms with Crippen LogP contribution in [-0.2, 0) is 6.42 Å². The predicted octanol–water partition coefficient (Wildman–Crippen LogP) is 2.94. The molecule has 0 aromatic heterocycles. The monoisotopic (exact) mass is 233 g/mol. The van der Waals surface area contributed by atoms with Crippen LogP contribution in [0.15, 0.2) is 12.1 Å². The van der Waals surface area contributed by atoms with Crippen molar-refractivity contribution < 1.29 is 9.18 Å². The number of anilines is 1. The van der Waals surface area contributed by atoms with Crippen LogP contribution in [0, 0.1) is 5.82 Å². The van der Waals surface area contributed by atoms with Crippen LogP contribution in [0.25, 0.3) is 0 Å². The summed E-state index contributed by atoms with van der Waals surface area (Å²) < 4.78 is 14.0. The first-order valence-electron chi connectivity index (χ1n) is 6.36. The summed E-state index contributed by atoms with van der Waals surface area (Å²) in [6, 6.07) is 3.33. The van der Waals surface area contributed by atoms with Gasteiger partial charge in [0.05, 0.1) is 5.69 Å². The highest BCUT2D eigenvalue weighted by atomic mass is 19.1. The number of nitrogens with zero attached hydrogens (tertiary/aromatic N) is 1. The molecule has 0 atom stereocenters. The molecular weight excluding hydrogens is 217 g/mol. The van der Waals surface area contributed by atoms with Crippen molar-refractivity contribution in [2.75, 3.05) is 18.0 Å². The molecule has 0 amide bonds. The van der Waals surface area contributed by atoms with Gasteiger partial charge >= 0.3 is 0 Å². The third kappa shape index (κ3) is 1.84. The lowest BCUT2D eigenvalue weighted by molar-refractivity contribution is 0.0994. The summed E-state index contributed by atoms with van der Waals surface area (Å²) in [6.07, 6.45) is 4.82. The van der Waals surface area contributed by atoms with Gasteiger partial charge in [0, 0.05) is 25.1 Å². The average molecular weight is 233 g/mol. The smallest absolute Gasteiger partial charge is 0.163 e. The van der Waals surface area contributed by atoms with E-state index >= 15 is 0 Å². The summed E-state index contributed by atoms with van der Waals surface area (Å²) in [7, 11) is 0. The molecule has 0 unspecified atom stereocenters. The van der Waals surface area contributed by atoms with Crippen molar-refractivity contribution in [1.82, 2.24) is 0 Å². The molecule has 3 heteroatoms. The van der Waals surface area contributed by atoms with Crippen LogP contribution in [0.5, 0.6) is 0 Å². The molecule has 17 heavy (non-hydrogen) atoms. The van der Waals surface area contributed by atoms with Crippen LogP contribution < -0.4 is 4.90 Å². The Morgan fingerprint density at radius 3 is 2.59 bits per heavy atom. The molecule has 1 heterocycles. The standard InChI is InChI=1S/C14H16FNO/c15-12-9-11-10(4-5-14(11)17)8-13(12)16-6-2-1-3-7-16/h8-9H,1-7H2. The topological polar surface area (TPSA) is 20.3 Å². The van der Waals surface area contributed by atoms with E-state index in [1.54, 1.807) is 0 Å². The molecule has 2 aliphatic rings. The number of benzene rings is 1. The van der Waals surface area contributed by atoms with Gasteiger partial charge in [0.25, 0.3) is 0 Å². The van der Waals surface area contributed by atoms with Gasteiger partial charge in [-0.05, 0) is 43.4 Å². The lowest BCUT2D eigenvalue weighted by atomic mass is 10.1. The number of fused-ring (bicyclic) bond motifs is 1. The Morgan fingerprint density at radius 1 is 1.06 bits per heavy atom. The first-order chi connectivity index (χ1) is 8.25. The quantitative estimate of drug-likeness (QED) is 0.743. The number of carbonyl (C=O) groups excluding carboxylic acids is 1. The Kier molecular flexibility index (Phi) is 2.61. The SMILES string of the molecule is O=C1CCc2cc(N3CCCCC3)c(F)cc21. The van der Waals surface area contributed by atoms with Crippen LogP contribution >= 0.6 is 0 Å². The van der Waals surface area contributed by atoms with Crippen LogP contribution in [0.2, 0.25) is 0 Å². The number of hydrogen-bond donors (Lipinski definition) is 0. The molecule has 1 aliphatic carbocycles. The van der Waals surface area contributed by atoms with Gasteiger partial charge in [0.15, 0.2) is 5.78 Å². The van der Waals surface area contributed by atoms with Crippen molar-refractivity contribution in [2.45, 2.75) is 32.1 Å². The van der Waals surface area contributed by atoms with E-state index in [0.29, 0.717) is 17.7 Å². The number of ketones is 1. The van der Waals surface area contributed by atoms with Gasteiger partial charge in [-0.3, -0.25) is 4.79 Å². The van der Waals surface area contributed by atoms with E-state index < -0.39 is 0 Å².